The second-order valence-corrected chi connectivity index (χ2v) is 4.49. The molecule has 1 saturated carbocycles. The first-order chi connectivity index (χ1) is 6.72. The summed E-state index contributed by atoms with van der Waals surface area (Å²) < 4.78 is 2.46. The molecule has 0 amide bonds. The van der Waals surface area contributed by atoms with Crippen LogP contribution in [0.15, 0.2) is 6.07 Å². The molecular weight excluding hydrogens is 172 g/mol. The highest BCUT2D eigenvalue weighted by molar-refractivity contribution is 5.27. The fourth-order valence-corrected chi connectivity index (χ4v) is 2.12. The van der Waals surface area contributed by atoms with Crippen LogP contribution >= 0.6 is 0 Å². The average molecular weight is 192 g/mol. The molecule has 14 heavy (non-hydrogen) atoms. The maximum Gasteiger partial charge on any atom is 0.0253 e. The number of hydrogen-bond acceptors (Lipinski definition) is 1. The molecule has 1 aromatic heterocycles. The van der Waals surface area contributed by atoms with Gasteiger partial charge in [-0.15, -0.1) is 0 Å². The van der Waals surface area contributed by atoms with Crippen molar-refractivity contribution in [1.82, 2.24) is 4.57 Å². The van der Waals surface area contributed by atoms with Crippen molar-refractivity contribution in [2.75, 3.05) is 6.54 Å². The van der Waals surface area contributed by atoms with Crippen LogP contribution in [0.25, 0.3) is 0 Å². The van der Waals surface area contributed by atoms with Gasteiger partial charge in [0.05, 0.1) is 0 Å². The topological polar surface area (TPSA) is 30.9 Å². The predicted molar refractivity (Wildman–Crippen MR) is 59.4 cm³/mol. The van der Waals surface area contributed by atoms with Gasteiger partial charge in [0.2, 0.25) is 0 Å². The third kappa shape index (κ3) is 1.85. The maximum absolute atomic E-state index is 5.59. The molecule has 1 aliphatic rings. The van der Waals surface area contributed by atoms with Gasteiger partial charge >= 0.3 is 0 Å². The Hall–Kier alpha value is -0.760. The Balaban J connectivity index is 2.19. The molecular formula is C12H20N2. The van der Waals surface area contributed by atoms with Crippen molar-refractivity contribution in [3.05, 3.63) is 23.0 Å². The first-order valence-corrected chi connectivity index (χ1v) is 5.58. The zero-order chi connectivity index (χ0) is 10.1. The molecule has 0 saturated heterocycles. The zero-order valence-electron chi connectivity index (χ0n) is 9.21. The molecule has 0 atom stereocenters. The monoisotopic (exact) mass is 192 g/mol. The van der Waals surface area contributed by atoms with Gasteiger partial charge in [0.1, 0.15) is 0 Å². The van der Waals surface area contributed by atoms with Crippen LogP contribution in [0.2, 0.25) is 0 Å². The average Bonchev–Trinajstić information content (AvgIpc) is 2.91. The molecule has 1 aliphatic carbocycles. The minimum Gasteiger partial charge on any atom is -0.349 e. The highest BCUT2D eigenvalue weighted by atomic mass is 15.0. The van der Waals surface area contributed by atoms with Crippen LogP contribution in [0.1, 0.15) is 29.8 Å². The van der Waals surface area contributed by atoms with E-state index in [1.54, 1.807) is 0 Å². The van der Waals surface area contributed by atoms with Crippen molar-refractivity contribution in [2.45, 2.75) is 39.7 Å². The van der Waals surface area contributed by atoms with Gasteiger partial charge in [0, 0.05) is 17.9 Å². The SMILES string of the molecule is Cc1cc(CCN)c(C)n1CC1CC1. The molecule has 78 valence electrons. The van der Waals surface area contributed by atoms with Gasteiger partial charge < -0.3 is 10.3 Å². The molecule has 1 heterocycles. The molecule has 0 aromatic carbocycles. The summed E-state index contributed by atoms with van der Waals surface area (Å²) in [5.74, 6) is 0.950. The van der Waals surface area contributed by atoms with Crippen molar-refractivity contribution in [3.8, 4) is 0 Å². The number of nitrogens with zero attached hydrogens (tertiary/aromatic N) is 1. The second kappa shape index (κ2) is 3.77. The third-order valence-electron chi connectivity index (χ3n) is 3.23. The summed E-state index contributed by atoms with van der Waals surface area (Å²) in [5.41, 5.74) is 9.86. The van der Waals surface area contributed by atoms with Crippen molar-refractivity contribution >= 4 is 0 Å². The van der Waals surface area contributed by atoms with E-state index in [-0.39, 0.29) is 0 Å². The Labute approximate surface area is 86.1 Å². The van der Waals surface area contributed by atoms with Crippen molar-refractivity contribution < 1.29 is 0 Å². The summed E-state index contributed by atoms with van der Waals surface area (Å²) in [7, 11) is 0. The molecule has 2 N–H and O–H groups in total. The first kappa shape index (κ1) is 9.78. The fourth-order valence-electron chi connectivity index (χ4n) is 2.12. The molecule has 2 nitrogen and oxygen atoms in total. The molecule has 0 radical (unpaired) electrons. The third-order valence-corrected chi connectivity index (χ3v) is 3.23. The number of aryl methyl sites for hydroxylation is 1. The Kier molecular flexibility index (Phi) is 2.64. The van der Waals surface area contributed by atoms with Crippen molar-refractivity contribution in [3.63, 3.8) is 0 Å². The highest BCUT2D eigenvalue weighted by Gasteiger charge is 2.23. The minimum absolute atomic E-state index is 0.758. The van der Waals surface area contributed by atoms with Crippen LogP contribution < -0.4 is 5.73 Å². The van der Waals surface area contributed by atoms with E-state index < -0.39 is 0 Å². The Bertz CT molecular complexity index is 321. The summed E-state index contributed by atoms with van der Waals surface area (Å²) in [6, 6.07) is 2.30. The lowest BCUT2D eigenvalue weighted by Crippen LogP contribution is -2.06. The summed E-state index contributed by atoms with van der Waals surface area (Å²) in [4.78, 5) is 0. The number of hydrogen-bond donors (Lipinski definition) is 1. The van der Waals surface area contributed by atoms with E-state index in [2.05, 4.69) is 24.5 Å². The number of nitrogens with two attached hydrogens (primary N) is 1. The standard InChI is InChI=1S/C12H20N2/c1-9-7-12(5-6-13)10(2)14(9)8-11-3-4-11/h7,11H,3-6,8,13H2,1-2H3. The summed E-state index contributed by atoms with van der Waals surface area (Å²) >= 11 is 0. The molecule has 0 unspecified atom stereocenters. The Morgan fingerprint density at radius 3 is 2.71 bits per heavy atom. The quantitative estimate of drug-likeness (QED) is 0.777. The Morgan fingerprint density at radius 1 is 1.43 bits per heavy atom. The van der Waals surface area contributed by atoms with Gasteiger partial charge in [0.25, 0.3) is 0 Å². The van der Waals surface area contributed by atoms with Crippen molar-refractivity contribution in [1.29, 1.82) is 0 Å². The van der Waals surface area contributed by atoms with E-state index in [0.717, 1.165) is 18.9 Å². The van der Waals surface area contributed by atoms with Gasteiger partial charge in [-0.05, 0) is 57.2 Å². The summed E-state index contributed by atoms with van der Waals surface area (Å²) in [5, 5.41) is 0. The molecule has 0 bridgehead atoms. The van der Waals surface area contributed by atoms with Gasteiger partial charge in [-0.3, -0.25) is 0 Å². The second-order valence-electron chi connectivity index (χ2n) is 4.49. The summed E-state index contributed by atoms with van der Waals surface area (Å²) in [6.07, 6.45) is 3.86. The predicted octanol–water partition coefficient (Wildman–Crippen LogP) is 2.02. The molecule has 0 spiro atoms. The molecule has 2 rings (SSSR count). The molecule has 1 aromatic rings. The lowest BCUT2D eigenvalue weighted by Gasteiger charge is -2.08. The highest BCUT2D eigenvalue weighted by Crippen LogP contribution is 2.32. The van der Waals surface area contributed by atoms with Crippen LogP contribution in [-0.2, 0) is 13.0 Å². The lowest BCUT2D eigenvalue weighted by atomic mass is 10.2. The molecule has 2 heteroatoms. The van der Waals surface area contributed by atoms with Gasteiger partial charge in [-0.2, -0.15) is 0 Å². The largest absolute Gasteiger partial charge is 0.349 e. The smallest absolute Gasteiger partial charge is 0.0253 e. The molecule has 0 aliphatic heterocycles. The maximum atomic E-state index is 5.59. The van der Waals surface area contributed by atoms with E-state index in [4.69, 9.17) is 5.73 Å². The van der Waals surface area contributed by atoms with E-state index in [1.807, 2.05) is 0 Å². The van der Waals surface area contributed by atoms with E-state index in [0.29, 0.717) is 0 Å². The minimum atomic E-state index is 0.758. The molecule has 1 fully saturated rings. The lowest BCUT2D eigenvalue weighted by molar-refractivity contribution is 0.601. The normalized spacial score (nSPS) is 16.2. The van der Waals surface area contributed by atoms with Crippen LogP contribution in [0.5, 0.6) is 0 Å². The fraction of sp³-hybridized carbons (Fsp3) is 0.667. The van der Waals surface area contributed by atoms with Crippen molar-refractivity contribution in [2.24, 2.45) is 11.7 Å². The van der Waals surface area contributed by atoms with E-state index >= 15 is 0 Å². The van der Waals surface area contributed by atoms with Crippen LogP contribution in [0, 0.1) is 19.8 Å². The van der Waals surface area contributed by atoms with Gasteiger partial charge in [-0.25, -0.2) is 0 Å². The van der Waals surface area contributed by atoms with Gasteiger partial charge in [0.15, 0.2) is 0 Å². The summed E-state index contributed by atoms with van der Waals surface area (Å²) in [6.45, 7) is 6.41. The first-order valence-electron chi connectivity index (χ1n) is 5.58. The van der Waals surface area contributed by atoms with Gasteiger partial charge in [-0.1, -0.05) is 0 Å². The van der Waals surface area contributed by atoms with E-state index in [9.17, 15) is 0 Å². The van der Waals surface area contributed by atoms with Crippen LogP contribution in [0.4, 0.5) is 0 Å². The van der Waals surface area contributed by atoms with E-state index in [1.165, 1.54) is 36.3 Å². The van der Waals surface area contributed by atoms with Crippen LogP contribution in [-0.4, -0.2) is 11.1 Å². The zero-order valence-corrected chi connectivity index (χ0v) is 9.21. The van der Waals surface area contributed by atoms with Crippen LogP contribution in [0.3, 0.4) is 0 Å². The number of aromatic nitrogens is 1. The number of rotatable bonds is 4. The Morgan fingerprint density at radius 2 is 2.14 bits per heavy atom.